The summed E-state index contributed by atoms with van der Waals surface area (Å²) in [6, 6.07) is 31.3. The molecular formula is C27H19BrClNO. The Morgan fingerprint density at radius 3 is 2.32 bits per heavy atom. The Bertz CT molecular complexity index is 1280. The third-order valence-corrected chi connectivity index (χ3v) is 6.27. The van der Waals surface area contributed by atoms with Gasteiger partial charge < -0.3 is 0 Å². The summed E-state index contributed by atoms with van der Waals surface area (Å²) in [7, 11) is 0. The quantitative estimate of drug-likeness (QED) is 0.259. The van der Waals surface area contributed by atoms with Crippen LogP contribution in [0, 0.1) is 11.3 Å². The Morgan fingerprint density at radius 1 is 0.871 bits per heavy atom. The maximum Gasteiger partial charge on any atom is 0.163 e. The van der Waals surface area contributed by atoms with Crippen LogP contribution in [0.5, 0.6) is 0 Å². The van der Waals surface area contributed by atoms with Crippen molar-refractivity contribution in [3.63, 3.8) is 0 Å². The molecule has 31 heavy (non-hydrogen) atoms. The molecule has 0 saturated carbocycles. The van der Waals surface area contributed by atoms with Crippen LogP contribution in [-0.2, 0) is 0 Å². The van der Waals surface area contributed by atoms with Crippen LogP contribution in [0.1, 0.15) is 39.7 Å². The van der Waals surface area contributed by atoms with Crippen LogP contribution in [0.15, 0.2) is 95.5 Å². The number of fused-ring (bicyclic) bond motifs is 1. The van der Waals surface area contributed by atoms with Gasteiger partial charge in [-0.1, -0.05) is 88.2 Å². The lowest BCUT2D eigenvalue weighted by Crippen LogP contribution is -2.15. The molecular weight excluding hydrogens is 470 g/mol. The number of nitrogens with zero attached hydrogens (tertiary/aromatic N) is 1. The van der Waals surface area contributed by atoms with Gasteiger partial charge in [-0.15, -0.1) is 0 Å². The second-order valence-corrected chi connectivity index (χ2v) is 8.86. The summed E-state index contributed by atoms with van der Waals surface area (Å²) in [6.07, 6.45) is 0.232. The molecule has 0 unspecified atom stereocenters. The largest absolute Gasteiger partial charge is 0.294 e. The molecule has 2 nitrogen and oxygen atoms in total. The fourth-order valence-corrected chi connectivity index (χ4v) is 4.46. The van der Waals surface area contributed by atoms with Gasteiger partial charge in [0.25, 0.3) is 0 Å². The summed E-state index contributed by atoms with van der Waals surface area (Å²) in [5.74, 6) is -0.747. The molecule has 0 heterocycles. The second-order valence-electron chi connectivity index (χ2n) is 7.51. The Hall–Kier alpha value is -2.93. The van der Waals surface area contributed by atoms with Crippen molar-refractivity contribution in [2.24, 2.45) is 0 Å². The highest BCUT2D eigenvalue weighted by atomic mass is 79.9. The van der Waals surface area contributed by atoms with Gasteiger partial charge in [0.05, 0.1) is 12.0 Å². The van der Waals surface area contributed by atoms with Crippen molar-refractivity contribution in [2.45, 2.75) is 18.3 Å². The van der Waals surface area contributed by atoms with Gasteiger partial charge in [-0.2, -0.15) is 5.26 Å². The summed E-state index contributed by atoms with van der Waals surface area (Å²) >= 11 is 9.57. The number of hydrogen-bond acceptors (Lipinski definition) is 2. The van der Waals surface area contributed by atoms with Gasteiger partial charge in [-0.25, -0.2) is 0 Å². The normalized spacial score (nSPS) is 12.8. The van der Waals surface area contributed by atoms with Crippen molar-refractivity contribution in [2.75, 3.05) is 0 Å². The summed E-state index contributed by atoms with van der Waals surface area (Å²) in [5.41, 5.74) is 2.46. The maximum absolute atomic E-state index is 13.3. The lowest BCUT2D eigenvalue weighted by molar-refractivity contribution is 0.0972. The first-order chi connectivity index (χ1) is 15.0. The monoisotopic (exact) mass is 487 g/mol. The van der Waals surface area contributed by atoms with Crippen LogP contribution in [0.3, 0.4) is 0 Å². The predicted molar refractivity (Wildman–Crippen MR) is 130 cm³/mol. The van der Waals surface area contributed by atoms with E-state index in [0.717, 1.165) is 26.4 Å². The number of hydrogen-bond donors (Lipinski definition) is 0. The van der Waals surface area contributed by atoms with Crippen molar-refractivity contribution in [1.29, 1.82) is 5.26 Å². The summed E-state index contributed by atoms with van der Waals surface area (Å²) in [6.45, 7) is 0. The van der Waals surface area contributed by atoms with Crippen molar-refractivity contribution < 1.29 is 4.79 Å². The molecule has 0 radical (unpaired) electrons. The molecule has 152 valence electrons. The minimum Gasteiger partial charge on any atom is -0.294 e. The molecule has 4 aromatic rings. The SMILES string of the molecule is N#C[C@@H](c1ccc(Cl)cc1)[C@@H](CC(=O)c1ccc2ccccc2c1)c1cccc(Br)c1. The Balaban J connectivity index is 1.72. The molecule has 0 aliphatic heterocycles. The van der Waals surface area contributed by atoms with Gasteiger partial charge >= 0.3 is 0 Å². The van der Waals surface area contributed by atoms with E-state index in [9.17, 15) is 10.1 Å². The Labute approximate surface area is 195 Å². The van der Waals surface area contributed by atoms with Crippen LogP contribution in [-0.4, -0.2) is 5.78 Å². The van der Waals surface area contributed by atoms with Gasteiger partial charge in [0.15, 0.2) is 5.78 Å². The van der Waals surface area contributed by atoms with E-state index in [4.69, 9.17) is 11.6 Å². The van der Waals surface area contributed by atoms with Gasteiger partial charge in [0, 0.05) is 27.4 Å². The molecule has 0 aliphatic carbocycles. The van der Waals surface area contributed by atoms with E-state index in [1.54, 1.807) is 12.1 Å². The molecule has 4 heteroatoms. The van der Waals surface area contributed by atoms with Gasteiger partial charge in [-0.05, 0) is 52.2 Å². The predicted octanol–water partition coefficient (Wildman–Crippen LogP) is 7.92. The highest BCUT2D eigenvalue weighted by molar-refractivity contribution is 9.10. The zero-order valence-corrected chi connectivity index (χ0v) is 19.0. The number of nitriles is 1. The van der Waals surface area contributed by atoms with Crippen LogP contribution in [0.4, 0.5) is 0 Å². The van der Waals surface area contributed by atoms with Crippen molar-refractivity contribution in [3.05, 3.63) is 117 Å². The molecule has 0 fully saturated rings. The highest BCUT2D eigenvalue weighted by Gasteiger charge is 2.28. The summed E-state index contributed by atoms with van der Waals surface area (Å²) in [4.78, 5) is 13.3. The van der Waals surface area contributed by atoms with E-state index >= 15 is 0 Å². The number of carbonyl (C=O) groups is 1. The summed E-state index contributed by atoms with van der Waals surface area (Å²) in [5, 5.41) is 12.8. The first kappa shape index (κ1) is 21.3. The minimum absolute atomic E-state index is 0.0185. The molecule has 0 bridgehead atoms. The number of Topliss-reactive ketones (excluding diaryl/α,β-unsaturated/α-hetero) is 1. The first-order valence-corrected chi connectivity index (χ1v) is 11.1. The van der Waals surface area contributed by atoms with Crippen LogP contribution < -0.4 is 0 Å². The molecule has 0 amide bonds. The van der Waals surface area contributed by atoms with E-state index in [1.165, 1.54) is 0 Å². The molecule has 4 aromatic carbocycles. The van der Waals surface area contributed by atoms with E-state index in [2.05, 4.69) is 22.0 Å². The van der Waals surface area contributed by atoms with Crippen LogP contribution in [0.2, 0.25) is 5.02 Å². The highest BCUT2D eigenvalue weighted by Crippen LogP contribution is 2.37. The maximum atomic E-state index is 13.3. The van der Waals surface area contributed by atoms with Crippen molar-refractivity contribution in [3.8, 4) is 6.07 Å². The van der Waals surface area contributed by atoms with E-state index in [0.29, 0.717) is 10.6 Å². The third kappa shape index (κ3) is 4.88. The van der Waals surface area contributed by atoms with E-state index in [1.807, 2.05) is 78.9 Å². The number of rotatable bonds is 6. The van der Waals surface area contributed by atoms with Crippen LogP contribution >= 0.6 is 27.5 Å². The smallest absolute Gasteiger partial charge is 0.163 e. The van der Waals surface area contributed by atoms with Gasteiger partial charge in [0.1, 0.15) is 0 Å². The first-order valence-electron chi connectivity index (χ1n) is 9.97. The van der Waals surface area contributed by atoms with Crippen LogP contribution in [0.25, 0.3) is 10.8 Å². The second kappa shape index (κ2) is 9.47. The molecule has 0 aliphatic rings. The average Bonchev–Trinajstić information content (AvgIpc) is 2.79. The molecule has 0 aromatic heterocycles. The van der Waals surface area contributed by atoms with Crippen molar-refractivity contribution in [1.82, 2.24) is 0 Å². The standard InChI is InChI=1S/C27H19BrClNO/c28-23-7-3-6-21(15-23)25(26(17-30)19-10-12-24(29)13-11-19)16-27(31)22-9-8-18-4-1-2-5-20(18)14-22/h1-15,25-26H,16H2/t25-,26-/m0/s1. The lowest BCUT2D eigenvalue weighted by atomic mass is 9.78. The zero-order chi connectivity index (χ0) is 21.8. The zero-order valence-electron chi connectivity index (χ0n) is 16.6. The Kier molecular flexibility index (Phi) is 6.51. The van der Waals surface area contributed by atoms with Crippen molar-refractivity contribution >= 4 is 44.1 Å². The van der Waals surface area contributed by atoms with E-state index < -0.39 is 5.92 Å². The number of halogens is 2. The Morgan fingerprint density at radius 2 is 1.61 bits per heavy atom. The van der Waals surface area contributed by atoms with Gasteiger partial charge in [-0.3, -0.25) is 4.79 Å². The fraction of sp³-hybridized carbons (Fsp3) is 0.111. The molecule has 0 N–H and O–H groups in total. The van der Waals surface area contributed by atoms with Gasteiger partial charge in [0.2, 0.25) is 0 Å². The molecule has 0 saturated heterocycles. The van der Waals surface area contributed by atoms with E-state index in [-0.39, 0.29) is 18.1 Å². The summed E-state index contributed by atoms with van der Waals surface area (Å²) < 4.78 is 0.918. The number of benzene rings is 4. The molecule has 4 rings (SSSR count). The molecule has 2 atom stereocenters. The topological polar surface area (TPSA) is 40.9 Å². The molecule has 0 spiro atoms. The third-order valence-electron chi connectivity index (χ3n) is 5.52. The fourth-order valence-electron chi connectivity index (χ4n) is 3.91. The minimum atomic E-state index is -0.476. The lowest BCUT2D eigenvalue weighted by Gasteiger charge is -2.23. The number of carbonyl (C=O) groups excluding carboxylic acids is 1. The number of ketones is 1. The average molecular weight is 489 g/mol.